The summed E-state index contributed by atoms with van der Waals surface area (Å²) >= 11 is 0. The van der Waals surface area contributed by atoms with Crippen LogP contribution in [0.1, 0.15) is 13.3 Å². The molecule has 0 bridgehead atoms. The lowest BCUT2D eigenvalue weighted by molar-refractivity contribution is -0.114. The Bertz CT molecular complexity index is 1070. The van der Waals surface area contributed by atoms with Crippen molar-refractivity contribution in [2.75, 3.05) is 56.2 Å². The molecule has 2 fully saturated rings. The highest BCUT2D eigenvalue weighted by atomic mass is 16.6. The van der Waals surface area contributed by atoms with Gasteiger partial charge in [-0.1, -0.05) is 6.92 Å². The van der Waals surface area contributed by atoms with Crippen molar-refractivity contribution in [2.45, 2.75) is 25.5 Å². The number of pyridine rings is 1. The first-order valence-corrected chi connectivity index (χ1v) is 11.6. The smallest absolute Gasteiger partial charge is 0.413 e. The predicted molar refractivity (Wildman–Crippen MR) is 129 cm³/mol. The molecule has 4 aliphatic heterocycles. The molecule has 2 amide bonds. The molecular weight excluding hydrogens is 436 g/mol. The molecule has 10 heteroatoms. The summed E-state index contributed by atoms with van der Waals surface area (Å²) in [5.74, 6) is 0.314. The molecule has 1 aromatic heterocycles. The monoisotopic (exact) mass is 464 g/mol. The van der Waals surface area contributed by atoms with Gasteiger partial charge in [0.15, 0.2) is 6.10 Å². The summed E-state index contributed by atoms with van der Waals surface area (Å²) < 4.78 is 10.2. The van der Waals surface area contributed by atoms with E-state index in [2.05, 4.69) is 30.1 Å². The maximum absolute atomic E-state index is 12.1. The number of anilines is 2. The van der Waals surface area contributed by atoms with Crippen molar-refractivity contribution in [3.8, 4) is 0 Å². The fraction of sp³-hybridized carbons (Fsp3) is 0.458. The van der Waals surface area contributed by atoms with Crippen molar-refractivity contribution in [3.63, 3.8) is 0 Å². The van der Waals surface area contributed by atoms with Gasteiger partial charge in [-0.3, -0.25) is 20.0 Å². The molecule has 1 aromatic rings. The minimum Gasteiger partial charge on any atom is -0.441 e. The Morgan fingerprint density at radius 1 is 1.24 bits per heavy atom. The van der Waals surface area contributed by atoms with E-state index in [9.17, 15) is 9.59 Å². The summed E-state index contributed by atoms with van der Waals surface area (Å²) in [6.07, 6.45) is 7.60. The Balaban J connectivity index is 1.10. The molecule has 4 aliphatic rings. The molecule has 0 aromatic carbocycles. The van der Waals surface area contributed by atoms with Gasteiger partial charge in [0.1, 0.15) is 11.9 Å². The second-order valence-electron chi connectivity index (χ2n) is 8.68. The molecule has 1 unspecified atom stereocenters. The van der Waals surface area contributed by atoms with E-state index in [0.717, 1.165) is 55.3 Å². The van der Waals surface area contributed by atoms with Crippen LogP contribution in [0.3, 0.4) is 0 Å². The SMILES string of the molecule is CCC1=CC2N=CC(CN3CCN(c4ccc(NC(=O)OC5COC5)nc4)CC3)=CC2=NC1=O. The number of dihydropyridines is 2. The third kappa shape index (κ3) is 5.07. The third-order valence-corrected chi connectivity index (χ3v) is 6.29. The van der Waals surface area contributed by atoms with Crippen molar-refractivity contribution < 1.29 is 19.1 Å². The zero-order valence-corrected chi connectivity index (χ0v) is 19.1. The first-order chi connectivity index (χ1) is 16.6. The summed E-state index contributed by atoms with van der Waals surface area (Å²) in [5.41, 5.74) is 3.56. The first-order valence-electron chi connectivity index (χ1n) is 11.6. The van der Waals surface area contributed by atoms with E-state index in [1.54, 1.807) is 12.3 Å². The highest BCUT2D eigenvalue weighted by molar-refractivity contribution is 6.16. The standard InChI is InChI=1S/C24H28N6O4/c1-2-17-10-20-21(27-23(17)31)9-16(11-25-20)13-29-5-7-30(8-6-29)18-3-4-22(26-12-18)28-24(32)34-19-14-33-15-19/h3-4,9-12,19-20H,2,5-8,13-15H2,1H3,(H,26,28,32). The van der Waals surface area contributed by atoms with Gasteiger partial charge in [-0.15, -0.1) is 0 Å². The average molecular weight is 465 g/mol. The minimum atomic E-state index is -0.514. The quantitative estimate of drug-likeness (QED) is 0.684. The van der Waals surface area contributed by atoms with Crippen molar-refractivity contribution in [2.24, 2.45) is 9.98 Å². The van der Waals surface area contributed by atoms with Crippen molar-refractivity contribution in [1.29, 1.82) is 0 Å². The summed E-state index contributed by atoms with van der Waals surface area (Å²) in [6, 6.07) is 3.61. The lowest BCUT2D eigenvalue weighted by Crippen LogP contribution is -2.47. The largest absolute Gasteiger partial charge is 0.441 e. The summed E-state index contributed by atoms with van der Waals surface area (Å²) in [4.78, 5) is 41.8. The van der Waals surface area contributed by atoms with E-state index in [1.807, 2.05) is 31.4 Å². The number of aliphatic imine (C=N–C) groups is 2. The number of aromatic nitrogens is 1. The molecule has 34 heavy (non-hydrogen) atoms. The van der Waals surface area contributed by atoms with Crippen LogP contribution in [-0.2, 0) is 14.3 Å². The molecule has 0 aliphatic carbocycles. The van der Waals surface area contributed by atoms with Crippen molar-refractivity contribution in [3.05, 3.63) is 41.6 Å². The number of hydrogen-bond acceptors (Lipinski definition) is 8. The van der Waals surface area contributed by atoms with Gasteiger partial charge in [0, 0.05) is 44.5 Å². The van der Waals surface area contributed by atoms with Gasteiger partial charge >= 0.3 is 6.09 Å². The van der Waals surface area contributed by atoms with Gasteiger partial charge in [-0.2, -0.15) is 0 Å². The highest BCUT2D eigenvalue weighted by Crippen LogP contribution is 2.21. The second kappa shape index (κ2) is 9.86. The second-order valence-corrected chi connectivity index (χ2v) is 8.68. The molecule has 0 radical (unpaired) electrons. The Kier molecular flexibility index (Phi) is 6.50. The highest BCUT2D eigenvalue weighted by Gasteiger charge is 2.25. The normalized spacial score (nSPS) is 22.9. The van der Waals surface area contributed by atoms with Crippen LogP contribution in [0.4, 0.5) is 16.3 Å². The molecule has 1 atom stereocenters. The summed E-state index contributed by atoms with van der Waals surface area (Å²) in [5, 5.41) is 2.64. The van der Waals surface area contributed by atoms with Gasteiger partial charge in [-0.25, -0.2) is 14.8 Å². The number of nitrogens with one attached hydrogen (secondary N) is 1. The molecular formula is C24H28N6O4. The van der Waals surface area contributed by atoms with Crippen LogP contribution in [0.15, 0.2) is 51.6 Å². The van der Waals surface area contributed by atoms with Crippen LogP contribution in [0, 0.1) is 0 Å². The molecule has 0 spiro atoms. The number of fused-ring (bicyclic) bond motifs is 1. The van der Waals surface area contributed by atoms with Gasteiger partial charge < -0.3 is 14.4 Å². The zero-order valence-electron chi connectivity index (χ0n) is 19.1. The third-order valence-electron chi connectivity index (χ3n) is 6.29. The Morgan fingerprint density at radius 3 is 2.74 bits per heavy atom. The number of nitrogens with zero attached hydrogens (tertiary/aromatic N) is 5. The van der Waals surface area contributed by atoms with E-state index in [4.69, 9.17) is 9.47 Å². The molecule has 5 rings (SSSR count). The summed E-state index contributed by atoms with van der Waals surface area (Å²) in [6.45, 7) is 7.16. The zero-order chi connectivity index (χ0) is 23.5. The van der Waals surface area contributed by atoms with E-state index < -0.39 is 6.09 Å². The van der Waals surface area contributed by atoms with Crippen molar-refractivity contribution >= 4 is 35.4 Å². The van der Waals surface area contributed by atoms with E-state index in [1.165, 1.54) is 0 Å². The molecule has 2 saturated heterocycles. The Hall–Kier alpha value is -3.37. The number of amides is 2. The number of carbonyl (C=O) groups is 2. The number of hydrogen-bond donors (Lipinski definition) is 1. The maximum atomic E-state index is 12.1. The maximum Gasteiger partial charge on any atom is 0.413 e. The van der Waals surface area contributed by atoms with Gasteiger partial charge in [0.25, 0.3) is 5.91 Å². The van der Waals surface area contributed by atoms with E-state index >= 15 is 0 Å². The molecule has 178 valence electrons. The number of ether oxygens (including phenoxy) is 2. The Labute approximate surface area is 198 Å². The molecule has 10 nitrogen and oxygen atoms in total. The molecule has 1 N–H and O–H groups in total. The fourth-order valence-electron chi connectivity index (χ4n) is 4.24. The van der Waals surface area contributed by atoms with Gasteiger partial charge in [0.05, 0.1) is 30.8 Å². The van der Waals surface area contributed by atoms with E-state index in [0.29, 0.717) is 25.5 Å². The van der Waals surface area contributed by atoms with Gasteiger partial charge in [0.2, 0.25) is 0 Å². The Morgan fingerprint density at radius 2 is 2.06 bits per heavy atom. The van der Waals surface area contributed by atoms with Gasteiger partial charge in [-0.05, 0) is 36.3 Å². The summed E-state index contributed by atoms with van der Waals surface area (Å²) in [7, 11) is 0. The number of piperazine rings is 1. The average Bonchev–Trinajstić information content (AvgIpc) is 2.82. The number of rotatable bonds is 6. The van der Waals surface area contributed by atoms with Crippen LogP contribution in [0.5, 0.6) is 0 Å². The first kappa shape index (κ1) is 22.4. The predicted octanol–water partition coefficient (Wildman–Crippen LogP) is 1.85. The lowest BCUT2D eigenvalue weighted by Gasteiger charge is -2.36. The minimum absolute atomic E-state index is 0.132. The fourth-order valence-corrected chi connectivity index (χ4v) is 4.24. The lowest BCUT2D eigenvalue weighted by atomic mass is 9.98. The van der Waals surface area contributed by atoms with Crippen LogP contribution in [0.2, 0.25) is 0 Å². The van der Waals surface area contributed by atoms with Crippen LogP contribution < -0.4 is 10.2 Å². The topological polar surface area (TPSA) is 109 Å². The van der Waals surface area contributed by atoms with Crippen LogP contribution >= 0.6 is 0 Å². The molecule has 0 saturated carbocycles. The van der Waals surface area contributed by atoms with E-state index in [-0.39, 0.29) is 18.1 Å². The van der Waals surface area contributed by atoms with Crippen molar-refractivity contribution in [1.82, 2.24) is 9.88 Å². The van der Waals surface area contributed by atoms with Crippen LogP contribution in [-0.4, -0.2) is 91.9 Å². The molecule has 5 heterocycles. The van der Waals surface area contributed by atoms with Crippen LogP contribution in [0.25, 0.3) is 0 Å². The number of carbonyl (C=O) groups excluding carboxylic acids is 2.